The van der Waals surface area contributed by atoms with Crippen molar-refractivity contribution in [1.82, 2.24) is 7.96 Å². The second kappa shape index (κ2) is 2.88. The van der Waals surface area contributed by atoms with Crippen LogP contribution < -0.4 is 4.90 Å². The Labute approximate surface area is 77.2 Å². The third kappa shape index (κ3) is 1.24. The molecule has 3 nitrogen and oxygen atoms in total. The van der Waals surface area contributed by atoms with Gasteiger partial charge < -0.3 is 0 Å². The summed E-state index contributed by atoms with van der Waals surface area (Å²) in [6, 6.07) is 6.18. The van der Waals surface area contributed by atoms with E-state index in [4.69, 9.17) is 0 Å². The van der Waals surface area contributed by atoms with Crippen molar-refractivity contribution in [3.8, 4) is 0 Å². The Morgan fingerprint density at radius 3 is 2.67 bits per heavy atom. The van der Waals surface area contributed by atoms with Crippen LogP contribution in [-0.4, -0.2) is 37.0 Å². The molecule has 0 atom stereocenters. The molecule has 0 bridgehead atoms. The van der Waals surface area contributed by atoms with Crippen molar-refractivity contribution >= 4 is 31.7 Å². The molecule has 12 heavy (non-hydrogen) atoms. The summed E-state index contributed by atoms with van der Waals surface area (Å²) in [6.45, 7) is 0. The zero-order valence-corrected chi connectivity index (χ0v) is 8.70. The third-order valence-corrected chi connectivity index (χ3v) is 2.92. The Morgan fingerprint density at radius 1 is 1.17 bits per heavy atom. The first-order valence-electron chi connectivity index (χ1n) is 3.67. The van der Waals surface area contributed by atoms with E-state index in [9.17, 15) is 0 Å². The van der Waals surface area contributed by atoms with Gasteiger partial charge in [0, 0.05) is 0 Å². The summed E-state index contributed by atoms with van der Waals surface area (Å²) < 4.78 is 8.59. The summed E-state index contributed by atoms with van der Waals surface area (Å²) in [7, 11) is 4.05. The molecule has 0 radical (unpaired) electrons. The molecule has 1 heterocycles. The molecule has 2 rings (SSSR count). The van der Waals surface area contributed by atoms with Gasteiger partial charge >= 0.3 is 76.8 Å². The van der Waals surface area contributed by atoms with Crippen LogP contribution in [-0.2, 0) is 0 Å². The molecule has 0 aliphatic rings. The van der Waals surface area contributed by atoms with E-state index in [-0.39, 0.29) is 15.0 Å². The zero-order chi connectivity index (χ0) is 8.55. The van der Waals surface area contributed by atoms with Crippen molar-refractivity contribution in [2.24, 2.45) is 0 Å². The monoisotopic (exact) mass is 227 g/mol. The van der Waals surface area contributed by atoms with Gasteiger partial charge in [0.25, 0.3) is 0 Å². The van der Waals surface area contributed by atoms with Crippen LogP contribution in [0.2, 0.25) is 0 Å². The minimum atomic E-state index is 0.0905. The van der Waals surface area contributed by atoms with E-state index in [1.54, 1.807) is 0 Å². The molecule has 1 aromatic carbocycles. The van der Waals surface area contributed by atoms with E-state index in [1.165, 1.54) is 5.69 Å². The summed E-state index contributed by atoms with van der Waals surface area (Å²) in [6.07, 6.45) is 0. The molecule has 0 aliphatic carbocycles. The van der Waals surface area contributed by atoms with Crippen LogP contribution in [0.1, 0.15) is 0 Å². The van der Waals surface area contributed by atoms with Gasteiger partial charge in [0.2, 0.25) is 0 Å². The van der Waals surface area contributed by atoms with Crippen LogP contribution in [0.4, 0.5) is 5.69 Å². The minimum absolute atomic E-state index is 0.0905. The second-order valence-electron chi connectivity index (χ2n) is 2.83. The number of fused-ring (bicyclic) bond motifs is 1. The molecule has 0 unspecified atom stereocenters. The molecule has 2 aromatic rings. The van der Waals surface area contributed by atoms with E-state index in [0.717, 1.165) is 11.0 Å². The van der Waals surface area contributed by atoms with Gasteiger partial charge in [-0.25, -0.2) is 0 Å². The molecule has 0 aliphatic heterocycles. The molecule has 0 N–H and O–H groups in total. The average molecular weight is 226 g/mol. The number of hydrogen-bond acceptors (Lipinski definition) is 3. The molecular weight excluding hydrogens is 217 g/mol. The van der Waals surface area contributed by atoms with Crippen molar-refractivity contribution in [3.05, 3.63) is 18.2 Å². The summed E-state index contributed by atoms with van der Waals surface area (Å²) >= 11 is 0.0905. The van der Waals surface area contributed by atoms with Gasteiger partial charge in [-0.1, -0.05) is 0 Å². The summed E-state index contributed by atoms with van der Waals surface area (Å²) in [5, 5.41) is 0. The van der Waals surface area contributed by atoms with Crippen LogP contribution in [0.25, 0.3) is 11.0 Å². The van der Waals surface area contributed by atoms with Gasteiger partial charge in [0.05, 0.1) is 0 Å². The van der Waals surface area contributed by atoms with Gasteiger partial charge in [-0.05, 0) is 0 Å². The van der Waals surface area contributed by atoms with Gasteiger partial charge in [0.1, 0.15) is 0 Å². The molecule has 0 amide bonds. The third-order valence-electron chi connectivity index (χ3n) is 1.75. The molecule has 1 aromatic heterocycles. The fraction of sp³-hybridized carbons (Fsp3) is 0.250. The van der Waals surface area contributed by atoms with E-state index < -0.39 is 0 Å². The molecule has 62 valence electrons. The van der Waals surface area contributed by atoms with Crippen LogP contribution in [0, 0.1) is 0 Å². The van der Waals surface area contributed by atoms with Crippen molar-refractivity contribution in [1.29, 1.82) is 0 Å². The number of anilines is 1. The van der Waals surface area contributed by atoms with Gasteiger partial charge in [-0.3, -0.25) is 0 Å². The first-order valence-corrected chi connectivity index (χ1v) is 5.20. The Bertz CT molecular complexity index is 394. The SMILES string of the molecule is CN(C)c1ccc2n[se]nc2c1. The fourth-order valence-corrected chi connectivity index (χ4v) is 2.13. The molecule has 0 saturated heterocycles. The Hall–Kier alpha value is -0.861. The zero-order valence-electron chi connectivity index (χ0n) is 6.98. The van der Waals surface area contributed by atoms with Gasteiger partial charge in [0.15, 0.2) is 0 Å². The summed E-state index contributed by atoms with van der Waals surface area (Å²) in [5.41, 5.74) is 3.27. The predicted octanol–water partition coefficient (Wildman–Crippen LogP) is 0.753. The first-order chi connectivity index (χ1) is 5.77. The van der Waals surface area contributed by atoms with E-state index in [0.29, 0.717) is 0 Å². The van der Waals surface area contributed by atoms with Crippen LogP contribution in [0.3, 0.4) is 0 Å². The maximum atomic E-state index is 4.31. The predicted molar refractivity (Wildman–Crippen MR) is 50.8 cm³/mol. The van der Waals surface area contributed by atoms with Crippen LogP contribution in [0.5, 0.6) is 0 Å². The Balaban J connectivity index is 2.60. The molecule has 0 spiro atoms. The summed E-state index contributed by atoms with van der Waals surface area (Å²) in [4.78, 5) is 2.07. The van der Waals surface area contributed by atoms with E-state index in [1.807, 2.05) is 20.2 Å². The standard InChI is InChI=1S/C8H9N3Se/c1-11(2)6-3-4-7-8(5-6)10-12-9-7/h3-5H,1-2H3. The van der Waals surface area contributed by atoms with Crippen molar-refractivity contribution < 1.29 is 0 Å². The van der Waals surface area contributed by atoms with Crippen molar-refractivity contribution in [2.75, 3.05) is 19.0 Å². The van der Waals surface area contributed by atoms with Gasteiger partial charge in [-0.2, -0.15) is 0 Å². The molecule has 0 fully saturated rings. The Kier molecular flexibility index (Phi) is 1.87. The fourth-order valence-electron chi connectivity index (χ4n) is 1.05. The summed E-state index contributed by atoms with van der Waals surface area (Å²) in [5.74, 6) is 0. The normalized spacial score (nSPS) is 10.5. The number of nitrogens with zero attached hydrogens (tertiary/aromatic N) is 3. The topological polar surface area (TPSA) is 29.0 Å². The van der Waals surface area contributed by atoms with Crippen molar-refractivity contribution in [3.63, 3.8) is 0 Å². The van der Waals surface area contributed by atoms with Crippen molar-refractivity contribution in [2.45, 2.75) is 0 Å². The van der Waals surface area contributed by atoms with Gasteiger partial charge in [-0.15, -0.1) is 0 Å². The number of aromatic nitrogens is 2. The molecule has 4 heteroatoms. The number of hydrogen-bond donors (Lipinski definition) is 0. The first kappa shape index (κ1) is 7.77. The van der Waals surface area contributed by atoms with Crippen LogP contribution in [0.15, 0.2) is 18.2 Å². The molecule has 0 saturated carbocycles. The quantitative estimate of drug-likeness (QED) is 0.672. The average Bonchev–Trinajstić information content (AvgIpc) is 2.49. The van der Waals surface area contributed by atoms with E-state index >= 15 is 0 Å². The number of rotatable bonds is 1. The maximum absolute atomic E-state index is 4.31. The van der Waals surface area contributed by atoms with E-state index in [2.05, 4.69) is 25.0 Å². The molecular formula is C8H9N3Se. The Morgan fingerprint density at radius 2 is 1.92 bits per heavy atom. The number of benzene rings is 1. The second-order valence-corrected chi connectivity index (χ2v) is 3.94. The van der Waals surface area contributed by atoms with Crippen LogP contribution >= 0.6 is 0 Å².